The Balaban J connectivity index is 2.43. The van der Waals surface area contributed by atoms with Crippen molar-refractivity contribution in [1.29, 1.82) is 0 Å². The molecule has 2 rings (SSSR count). The van der Waals surface area contributed by atoms with Crippen LogP contribution in [0.3, 0.4) is 0 Å². The van der Waals surface area contributed by atoms with Crippen molar-refractivity contribution in [3.05, 3.63) is 23.5 Å². The Morgan fingerprint density at radius 3 is 2.44 bits per heavy atom. The molecular weight excluding hydrogens is 232 g/mol. The molecule has 0 atom stereocenters. The van der Waals surface area contributed by atoms with Gasteiger partial charge in [-0.15, -0.1) is 5.10 Å². The Morgan fingerprint density at radius 2 is 1.88 bits per heavy atom. The zero-order chi connectivity index (χ0) is 11.5. The number of halogens is 1. The van der Waals surface area contributed by atoms with Gasteiger partial charge >= 0.3 is 5.35 Å². The van der Waals surface area contributed by atoms with E-state index in [9.17, 15) is 0 Å². The SMILES string of the molecule is COc1ccc(-c2nnc(Cl)o2)cc1OC. The molecule has 6 heteroatoms. The summed E-state index contributed by atoms with van der Waals surface area (Å²) in [5.74, 6) is 1.57. The van der Waals surface area contributed by atoms with Gasteiger partial charge in [0.1, 0.15) is 0 Å². The van der Waals surface area contributed by atoms with Crippen LogP contribution in [0, 0.1) is 0 Å². The van der Waals surface area contributed by atoms with Crippen LogP contribution in [0.15, 0.2) is 22.6 Å². The molecule has 0 bridgehead atoms. The maximum absolute atomic E-state index is 5.55. The van der Waals surface area contributed by atoms with Crippen molar-refractivity contribution in [3.8, 4) is 23.0 Å². The van der Waals surface area contributed by atoms with Crippen molar-refractivity contribution in [3.63, 3.8) is 0 Å². The maximum atomic E-state index is 5.55. The molecule has 16 heavy (non-hydrogen) atoms. The van der Waals surface area contributed by atoms with Crippen LogP contribution in [0.4, 0.5) is 0 Å². The summed E-state index contributed by atoms with van der Waals surface area (Å²) in [4.78, 5) is 0. The molecule has 1 heterocycles. The van der Waals surface area contributed by atoms with E-state index in [0.717, 1.165) is 5.56 Å². The van der Waals surface area contributed by atoms with Crippen LogP contribution in [-0.4, -0.2) is 24.4 Å². The number of rotatable bonds is 3. The van der Waals surface area contributed by atoms with Gasteiger partial charge in [-0.05, 0) is 29.8 Å². The van der Waals surface area contributed by atoms with E-state index in [1.54, 1.807) is 32.4 Å². The predicted molar refractivity (Wildman–Crippen MR) is 57.8 cm³/mol. The molecule has 84 valence electrons. The third-order valence-corrected chi connectivity index (χ3v) is 2.18. The third kappa shape index (κ3) is 1.94. The summed E-state index contributed by atoms with van der Waals surface area (Å²) in [6.45, 7) is 0. The van der Waals surface area contributed by atoms with Crippen LogP contribution in [0.1, 0.15) is 0 Å². The molecule has 0 aliphatic heterocycles. The maximum Gasteiger partial charge on any atom is 0.313 e. The number of nitrogens with zero attached hydrogens (tertiary/aromatic N) is 2. The van der Waals surface area contributed by atoms with Crippen LogP contribution >= 0.6 is 11.6 Å². The molecule has 1 aromatic heterocycles. The Kier molecular flexibility index (Phi) is 2.96. The minimum atomic E-state index is 0.00443. The van der Waals surface area contributed by atoms with E-state index >= 15 is 0 Å². The van der Waals surface area contributed by atoms with Crippen LogP contribution < -0.4 is 9.47 Å². The van der Waals surface area contributed by atoms with Gasteiger partial charge in [-0.1, -0.05) is 5.10 Å². The fourth-order valence-electron chi connectivity index (χ4n) is 1.29. The average molecular weight is 241 g/mol. The van der Waals surface area contributed by atoms with Gasteiger partial charge in [0, 0.05) is 5.56 Å². The van der Waals surface area contributed by atoms with Crippen LogP contribution in [0.2, 0.25) is 5.35 Å². The van der Waals surface area contributed by atoms with Gasteiger partial charge in [-0.3, -0.25) is 0 Å². The minimum Gasteiger partial charge on any atom is -0.493 e. The number of methoxy groups -OCH3 is 2. The van der Waals surface area contributed by atoms with Crippen molar-refractivity contribution in [2.24, 2.45) is 0 Å². The Hall–Kier alpha value is -1.75. The number of hydrogen-bond donors (Lipinski definition) is 0. The summed E-state index contributed by atoms with van der Waals surface area (Å²) in [6.07, 6.45) is 0. The summed E-state index contributed by atoms with van der Waals surface area (Å²) in [6, 6.07) is 5.28. The van der Waals surface area contributed by atoms with Gasteiger partial charge in [0.15, 0.2) is 11.5 Å². The second-order valence-corrected chi connectivity index (χ2v) is 3.25. The Labute approximate surface area is 97.0 Å². The molecule has 0 N–H and O–H groups in total. The lowest BCUT2D eigenvalue weighted by atomic mass is 10.2. The number of hydrogen-bond acceptors (Lipinski definition) is 5. The molecule has 0 fully saturated rings. The summed E-state index contributed by atoms with van der Waals surface area (Å²) in [5.41, 5.74) is 0.719. The smallest absolute Gasteiger partial charge is 0.313 e. The highest BCUT2D eigenvalue weighted by Crippen LogP contribution is 2.31. The molecule has 0 spiro atoms. The van der Waals surface area contributed by atoms with E-state index in [1.165, 1.54) is 0 Å². The minimum absolute atomic E-state index is 0.00443. The topological polar surface area (TPSA) is 57.4 Å². The van der Waals surface area contributed by atoms with Gasteiger partial charge < -0.3 is 13.9 Å². The van der Waals surface area contributed by atoms with Gasteiger partial charge in [-0.2, -0.15) is 0 Å². The fraction of sp³-hybridized carbons (Fsp3) is 0.200. The Bertz CT molecular complexity index is 499. The quantitative estimate of drug-likeness (QED) is 0.825. The first-order valence-corrected chi connectivity index (χ1v) is 4.84. The van der Waals surface area contributed by atoms with E-state index in [0.29, 0.717) is 17.4 Å². The van der Waals surface area contributed by atoms with Crippen molar-refractivity contribution >= 4 is 11.6 Å². The van der Waals surface area contributed by atoms with Crippen LogP contribution in [-0.2, 0) is 0 Å². The molecular formula is C10H9ClN2O3. The fourth-order valence-corrected chi connectivity index (χ4v) is 1.40. The molecule has 0 saturated heterocycles. The first-order chi connectivity index (χ1) is 7.74. The highest BCUT2D eigenvalue weighted by molar-refractivity contribution is 6.27. The van der Waals surface area contributed by atoms with Crippen molar-refractivity contribution in [2.75, 3.05) is 14.2 Å². The zero-order valence-corrected chi connectivity index (χ0v) is 9.49. The molecule has 0 saturated carbocycles. The van der Waals surface area contributed by atoms with Gasteiger partial charge in [0.05, 0.1) is 14.2 Å². The molecule has 0 aliphatic rings. The predicted octanol–water partition coefficient (Wildman–Crippen LogP) is 2.41. The van der Waals surface area contributed by atoms with Gasteiger partial charge in [0.2, 0.25) is 5.89 Å². The van der Waals surface area contributed by atoms with E-state index < -0.39 is 0 Å². The largest absolute Gasteiger partial charge is 0.493 e. The standard InChI is InChI=1S/C10H9ClN2O3/c1-14-7-4-3-6(5-8(7)15-2)9-12-13-10(11)16-9/h3-5H,1-2H3. The van der Waals surface area contributed by atoms with Crippen molar-refractivity contribution in [1.82, 2.24) is 10.2 Å². The first-order valence-electron chi connectivity index (χ1n) is 4.46. The number of aromatic nitrogens is 2. The molecule has 1 aromatic carbocycles. The second kappa shape index (κ2) is 4.40. The highest BCUT2D eigenvalue weighted by Gasteiger charge is 2.10. The summed E-state index contributed by atoms with van der Waals surface area (Å²) in [7, 11) is 3.13. The second-order valence-electron chi connectivity index (χ2n) is 2.93. The highest BCUT2D eigenvalue weighted by atomic mass is 35.5. The summed E-state index contributed by atoms with van der Waals surface area (Å²) >= 11 is 5.55. The summed E-state index contributed by atoms with van der Waals surface area (Å²) < 4.78 is 15.4. The van der Waals surface area contributed by atoms with Crippen molar-refractivity contribution < 1.29 is 13.9 Å². The van der Waals surface area contributed by atoms with Crippen molar-refractivity contribution in [2.45, 2.75) is 0 Å². The zero-order valence-electron chi connectivity index (χ0n) is 8.73. The monoisotopic (exact) mass is 240 g/mol. The van der Waals surface area contributed by atoms with Crippen LogP contribution in [0.5, 0.6) is 11.5 Å². The van der Waals surface area contributed by atoms with E-state index in [4.69, 9.17) is 25.5 Å². The van der Waals surface area contributed by atoms with Gasteiger partial charge in [-0.25, -0.2) is 0 Å². The number of benzene rings is 1. The number of ether oxygens (including phenoxy) is 2. The Morgan fingerprint density at radius 1 is 1.12 bits per heavy atom. The molecule has 2 aromatic rings. The van der Waals surface area contributed by atoms with Crippen LogP contribution in [0.25, 0.3) is 11.5 Å². The molecule has 0 amide bonds. The summed E-state index contributed by atoms with van der Waals surface area (Å²) in [5, 5.41) is 7.34. The normalized spacial score (nSPS) is 10.2. The van der Waals surface area contributed by atoms with E-state index in [-0.39, 0.29) is 5.35 Å². The first kappa shape index (κ1) is 10.8. The van der Waals surface area contributed by atoms with Gasteiger partial charge in [0.25, 0.3) is 0 Å². The lowest BCUT2D eigenvalue weighted by Crippen LogP contribution is -1.90. The van der Waals surface area contributed by atoms with E-state index in [2.05, 4.69) is 10.2 Å². The average Bonchev–Trinajstić information content (AvgIpc) is 2.75. The molecule has 0 aliphatic carbocycles. The molecule has 0 unspecified atom stereocenters. The molecule has 5 nitrogen and oxygen atoms in total. The van der Waals surface area contributed by atoms with E-state index in [1.807, 2.05) is 0 Å². The lowest BCUT2D eigenvalue weighted by Gasteiger charge is -2.07. The third-order valence-electron chi connectivity index (χ3n) is 2.03. The molecule has 0 radical (unpaired) electrons. The lowest BCUT2D eigenvalue weighted by molar-refractivity contribution is 0.355.